The van der Waals surface area contributed by atoms with Crippen LogP contribution in [-0.4, -0.2) is 15.3 Å². The third-order valence-electron chi connectivity index (χ3n) is 3.15. The number of benzene rings is 2. The molecule has 1 heterocycles. The number of aromatic nitrogens is 2. The summed E-state index contributed by atoms with van der Waals surface area (Å²) in [6, 6.07) is 17.0. The average Bonchev–Trinajstić information content (AvgIpc) is 2.90. The number of phenols is 1. The Bertz CT molecular complexity index is 717. The number of aromatic hydroxyl groups is 1. The minimum Gasteiger partial charge on any atom is -0.508 e. The first kappa shape index (κ1) is 12.3. The van der Waals surface area contributed by atoms with Gasteiger partial charge in [0.25, 0.3) is 0 Å². The van der Waals surface area contributed by atoms with Crippen LogP contribution in [0.15, 0.2) is 54.6 Å². The number of nitrogens with one attached hydrogen (secondary N) is 2. The van der Waals surface area contributed by atoms with Gasteiger partial charge in [0.2, 0.25) is 0 Å². The fourth-order valence-electron chi connectivity index (χ4n) is 2.09. The van der Waals surface area contributed by atoms with Crippen molar-refractivity contribution in [3.63, 3.8) is 0 Å². The van der Waals surface area contributed by atoms with E-state index in [0.29, 0.717) is 0 Å². The Morgan fingerprint density at radius 3 is 2.55 bits per heavy atom. The highest BCUT2D eigenvalue weighted by atomic mass is 16.3. The Morgan fingerprint density at radius 1 is 1.05 bits per heavy atom. The first-order valence-electron chi connectivity index (χ1n) is 6.40. The number of anilines is 2. The summed E-state index contributed by atoms with van der Waals surface area (Å²) in [5.41, 5.74) is 4.20. The number of phenolic OH excluding ortho intramolecular Hbond substituents is 1. The number of aryl methyl sites for hydroxylation is 1. The third-order valence-corrected chi connectivity index (χ3v) is 3.15. The van der Waals surface area contributed by atoms with Crippen molar-refractivity contribution >= 4 is 11.5 Å². The summed E-state index contributed by atoms with van der Waals surface area (Å²) >= 11 is 0. The molecule has 0 amide bonds. The van der Waals surface area contributed by atoms with Gasteiger partial charge < -0.3 is 10.4 Å². The Balaban J connectivity index is 1.84. The summed E-state index contributed by atoms with van der Waals surface area (Å²) in [5, 5.41) is 19.7. The average molecular weight is 265 g/mol. The highest BCUT2D eigenvalue weighted by Gasteiger charge is 2.05. The van der Waals surface area contributed by atoms with Crippen molar-refractivity contribution in [2.45, 2.75) is 6.92 Å². The molecule has 0 aliphatic carbocycles. The minimum absolute atomic E-state index is 0.248. The third kappa shape index (κ3) is 2.49. The van der Waals surface area contributed by atoms with Crippen LogP contribution in [0.3, 0.4) is 0 Å². The van der Waals surface area contributed by atoms with E-state index in [1.54, 1.807) is 24.3 Å². The van der Waals surface area contributed by atoms with Crippen molar-refractivity contribution in [2.75, 3.05) is 5.32 Å². The lowest BCUT2D eigenvalue weighted by Gasteiger charge is -2.02. The van der Waals surface area contributed by atoms with Crippen LogP contribution in [0, 0.1) is 6.92 Å². The first-order valence-corrected chi connectivity index (χ1v) is 6.40. The van der Waals surface area contributed by atoms with Crippen LogP contribution >= 0.6 is 0 Å². The molecule has 4 heteroatoms. The van der Waals surface area contributed by atoms with E-state index >= 15 is 0 Å². The maximum Gasteiger partial charge on any atom is 0.152 e. The molecular weight excluding hydrogens is 250 g/mol. The van der Waals surface area contributed by atoms with E-state index < -0.39 is 0 Å². The molecule has 0 unspecified atom stereocenters. The second-order valence-corrected chi connectivity index (χ2v) is 4.65. The Kier molecular flexibility index (Phi) is 3.13. The van der Waals surface area contributed by atoms with Crippen LogP contribution in [0.4, 0.5) is 11.5 Å². The van der Waals surface area contributed by atoms with Crippen molar-refractivity contribution in [3.8, 4) is 17.0 Å². The van der Waals surface area contributed by atoms with Gasteiger partial charge in [0.05, 0.1) is 5.69 Å². The fourth-order valence-corrected chi connectivity index (χ4v) is 2.09. The molecule has 0 fully saturated rings. The van der Waals surface area contributed by atoms with Gasteiger partial charge in [-0.2, -0.15) is 5.10 Å². The molecule has 3 aromatic rings. The second kappa shape index (κ2) is 5.09. The smallest absolute Gasteiger partial charge is 0.152 e. The van der Waals surface area contributed by atoms with Gasteiger partial charge in [-0.05, 0) is 36.8 Å². The van der Waals surface area contributed by atoms with Crippen molar-refractivity contribution in [3.05, 3.63) is 60.2 Å². The van der Waals surface area contributed by atoms with Gasteiger partial charge in [-0.1, -0.05) is 24.3 Å². The molecule has 0 aliphatic rings. The zero-order valence-corrected chi connectivity index (χ0v) is 11.1. The lowest BCUT2D eigenvalue weighted by atomic mass is 10.1. The van der Waals surface area contributed by atoms with Crippen molar-refractivity contribution < 1.29 is 5.11 Å². The lowest BCUT2D eigenvalue weighted by Crippen LogP contribution is -1.89. The topological polar surface area (TPSA) is 60.9 Å². The van der Waals surface area contributed by atoms with Gasteiger partial charge in [0.15, 0.2) is 5.82 Å². The molecule has 100 valence electrons. The molecule has 0 spiro atoms. The molecule has 0 radical (unpaired) electrons. The normalized spacial score (nSPS) is 10.4. The predicted octanol–water partition coefficient (Wildman–Crippen LogP) is 3.83. The molecule has 1 aromatic heterocycles. The summed E-state index contributed by atoms with van der Waals surface area (Å²) < 4.78 is 0. The highest BCUT2D eigenvalue weighted by Crippen LogP contribution is 2.25. The van der Waals surface area contributed by atoms with Gasteiger partial charge in [-0.15, -0.1) is 0 Å². The minimum atomic E-state index is 0.248. The van der Waals surface area contributed by atoms with Crippen LogP contribution in [0.2, 0.25) is 0 Å². The van der Waals surface area contributed by atoms with E-state index in [9.17, 15) is 5.11 Å². The van der Waals surface area contributed by atoms with E-state index in [-0.39, 0.29) is 5.75 Å². The van der Waals surface area contributed by atoms with E-state index in [0.717, 1.165) is 22.8 Å². The van der Waals surface area contributed by atoms with Crippen molar-refractivity contribution in [1.82, 2.24) is 10.2 Å². The summed E-state index contributed by atoms with van der Waals surface area (Å²) in [6.07, 6.45) is 0. The predicted molar refractivity (Wildman–Crippen MR) is 80.2 cm³/mol. The largest absolute Gasteiger partial charge is 0.508 e. The lowest BCUT2D eigenvalue weighted by molar-refractivity contribution is 0.475. The molecule has 20 heavy (non-hydrogen) atoms. The monoisotopic (exact) mass is 265 g/mol. The Hall–Kier alpha value is -2.75. The maximum atomic E-state index is 9.26. The Morgan fingerprint density at radius 2 is 1.80 bits per heavy atom. The summed E-state index contributed by atoms with van der Waals surface area (Å²) in [5.74, 6) is 0.993. The van der Waals surface area contributed by atoms with Crippen molar-refractivity contribution in [2.24, 2.45) is 0 Å². The number of rotatable bonds is 3. The summed E-state index contributed by atoms with van der Waals surface area (Å²) in [4.78, 5) is 0. The zero-order chi connectivity index (χ0) is 13.9. The van der Waals surface area contributed by atoms with Gasteiger partial charge >= 0.3 is 0 Å². The molecule has 2 aromatic carbocycles. The molecular formula is C16H15N3O. The van der Waals surface area contributed by atoms with E-state index in [1.165, 1.54) is 5.56 Å². The standard InChI is InChI=1S/C16H15N3O/c1-11-4-2-3-5-14(11)15-10-16(19-18-15)17-12-6-8-13(20)9-7-12/h2-10,20H,1H3,(H2,17,18,19). The second-order valence-electron chi connectivity index (χ2n) is 4.65. The van der Waals surface area contributed by atoms with E-state index in [2.05, 4.69) is 34.6 Å². The number of hydrogen-bond acceptors (Lipinski definition) is 3. The molecule has 0 saturated heterocycles. The maximum absolute atomic E-state index is 9.26. The van der Waals surface area contributed by atoms with Gasteiger partial charge in [-0.25, -0.2) is 0 Å². The van der Waals surface area contributed by atoms with Crippen molar-refractivity contribution in [1.29, 1.82) is 0 Å². The molecule has 0 aliphatic heterocycles. The van der Waals surface area contributed by atoms with Crippen LogP contribution in [0.1, 0.15) is 5.56 Å². The highest BCUT2D eigenvalue weighted by molar-refractivity contribution is 5.68. The molecule has 0 atom stereocenters. The number of H-pyrrole nitrogens is 1. The first-order chi connectivity index (χ1) is 9.72. The van der Waals surface area contributed by atoms with E-state index in [4.69, 9.17) is 0 Å². The zero-order valence-electron chi connectivity index (χ0n) is 11.1. The molecule has 0 saturated carbocycles. The van der Waals surface area contributed by atoms with Crippen LogP contribution in [0.5, 0.6) is 5.75 Å². The molecule has 3 rings (SSSR count). The molecule has 0 bridgehead atoms. The number of hydrogen-bond donors (Lipinski definition) is 3. The summed E-state index contributed by atoms with van der Waals surface area (Å²) in [7, 11) is 0. The van der Waals surface area contributed by atoms with Crippen LogP contribution in [-0.2, 0) is 0 Å². The molecule has 4 nitrogen and oxygen atoms in total. The van der Waals surface area contributed by atoms with Crippen LogP contribution < -0.4 is 5.32 Å². The van der Waals surface area contributed by atoms with E-state index in [1.807, 2.05) is 18.2 Å². The van der Waals surface area contributed by atoms with Crippen LogP contribution in [0.25, 0.3) is 11.3 Å². The molecule has 3 N–H and O–H groups in total. The fraction of sp³-hybridized carbons (Fsp3) is 0.0625. The quantitative estimate of drug-likeness (QED) is 0.631. The van der Waals surface area contributed by atoms with Gasteiger partial charge in [0.1, 0.15) is 5.75 Å². The number of aromatic amines is 1. The van der Waals surface area contributed by atoms with Gasteiger partial charge in [-0.3, -0.25) is 5.10 Å². The number of nitrogens with zero attached hydrogens (tertiary/aromatic N) is 1. The van der Waals surface area contributed by atoms with Gasteiger partial charge in [0, 0.05) is 17.3 Å². The Labute approximate surface area is 117 Å². The SMILES string of the molecule is Cc1ccccc1-c1cc(Nc2ccc(O)cc2)n[nH]1. The summed E-state index contributed by atoms with van der Waals surface area (Å²) in [6.45, 7) is 2.07.